The fourth-order valence-corrected chi connectivity index (χ4v) is 2.63. The number of allylic oxidation sites excluding steroid dienone is 5. The van der Waals surface area contributed by atoms with Crippen LogP contribution in [0.15, 0.2) is 36.5 Å². The summed E-state index contributed by atoms with van der Waals surface area (Å²) < 4.78 is 0. The van der Waals surface area contributed by atoms with Crippen LogP contribution in [0.4, 0.5) is 0 Å². The quantitative estimate of drug-likeness (QED) is 0.531. The van der Waals surface area contributed by atoms with Gasteiger partial charge in [-0.1, -0.05) is 36.5 Å². The summed E-state index contributed by atoms with van der Waals surface area (Å²) >= 11 is 0. The Balaban J connectivity index is 2.22. The first-order valence-corrected chi connectivity index (χ1v) is 5.28. The summed E-state index contributed by atoms with van der Waals surface area (Å²) in [5.41, 5.74) is 1.37. The van der Waals surface area contributed by atoms with E-state index in [4.69, 9.17) is 0 Å². The van der Waals surface area contributed by atoms with Crippen LogP contribution in [0.5, 0.6) is 0 Å². The number of hydrogen-bond donors (Lipinski definition) is 0. The first kappa shape index (κ1) is 8.80. The third kappa shape index (κ3) is 1.77. The van der Waals surface area contributed by atoms with E-state index in [-0.39, 0.29) is 0 Å². The molecule has 0 nitrogen and oxygen atoms in total. The largest absolute Gasteiger partial charge is 0.0998 e. The van der Waals surface area contributed by atoms with Crippen LogP contribution in [-0.4, -0.2) is 0 Å². The van der Waals surface area contributed by atoms with Crippen molar-refractivity contribution in [2.45, 2.75) is 26.2 Å². The van der Waals surface area contributed by atoms with E-state index in [2.05, 4.69) is 37.8 Å². The smallest absolute Gasteiger partial charge is 0.0140 e. The molecule has 13 heavy (non-hydrogen) atoms. The van der Waals surface area contributed by atoms with Crippen molar-refractivity contribution in [2.24, 2.45) is 17.8 Å². The zero-order chi connectivity index (χ0) is 9.26. The highest BCUT2D eigenvalue weighted by Crippen LogP contribution is 2.39. The summed E-state index contributed by atoms with van der Waals surface area (Å²) in [5, 5.41) is 0. The molecule has 0 aromatic rings. The van der Waals surface area contributed by atoms with Crippen molar-refractivity contribution in [2.75, 3.05) is 0 Å². The van der Waals surface area contributed by atoms with E-state index in [1.807, 2.05) is 0 Å². The van der Waals surface area contributed by atoms with E-state index in [0.29, 0.717) is 0 Å². The molecule has 0 aromatic carbocycles. The molecule has 3 aliphatic rings. The molecule has 0 spiro atoms. The SMILES string of the molecule is C=C(C)[C@H]1C[C@H]2/C=C\C=C/[C@@H]1CC2. The molecule has 1 saturated carbocycles. The molecule has 3 rings (SSSR count). The van der Waals surface area contributed by atoms with Gasteiger partial charge >= 0.3 is 0 Å². The van der Waals surface area contributed by atoms with Gasteiger partial charge in [-0.05, 0) is 43.9 Å². The molecule has 0 N–H and O–H groups in total. The number of hydrogen-bond acceptors (Lipinski definition) is 0. The van der Waals surface area contributed by atoms with Gasteiger partial charge in [-0.2, -0.15) is 0 Å². The minimum Gasteiger partial charge on any atom is -0.0998 e. The number of fused-ring (bicyclic) bond motifs is 3. The summed E-state index contributed by atoms with van der Waals surface area (Å²) in [5.74, 6) is 2.31. The molecular formula is C13H18. The highest BCUT2D eigenvalue weighted by Gasteiger charge is 2.28. The molecule has 2 bridgehead atoms. The van der Waals surface area contributed by atoms with Crippen LogP contribution in [-0.2, 0) is 0 Å². The zero-order valence-corrected chi connectivity index (χ0v) is 8.37. The van der Waals surface area contributed by atoms with Gasteiger partial charge in [-0.3, -0.25) is 0 Å². The lowest BCUT2D eigenvalue weighted by Crippen LogP contribution is -2.24. The van der Waals surface area contributed by atoms with Gasteiger partial charge in [-0.15, -0.1) is 0 Å². The van der Waals surface area contributed by atoms with E-state index in [1.165, 1.54) is 24.8 Å². The Labute approximate surface area is 81.0 Å². The Kier molecular flexibility index (Phi) is 2.39. The molecule has 0 heterocycles. The fourth-order valence-electron chi connectivity index (χ4n) is 2.63. The van der Waals surface area contributed by atoms with Crippen molar-refractivity contribution >= 4 is 0 Å². The van der Waals surface area contributed by atoms with Crippen molar-refractivity contribution in [1.82, 2.24) is 0 Å². The van der Waals surface area contributed by atoms with E-state index in [9.17, 15) is 0 Å². The third-order valence-electron chi connectivity index (χ3n) is 3.43. The molecule has 3 aliphatic carbocycles. The fraction of sp³-hybridized carbons (Fsp3) is 0.538. The maximum Gasteiger partial charge on any atom is -0.0140 e. The van der Waals surface area contributed by atoms with Gasteiger partial charge in [0.25, 0.3) is 0 Å². The van der Waals surface area contributed by atoms with Crippen molar-refractivity contribution in [3.63, 3.8) is 0 Å². The van der Waals surface area contributed by atoms with E-state index in [0.717, 1.165) is 17.8 Å². The second-order valence-electron chi connectivity index (χ2n) is 4.46. The molecule has 70 valence electrons. The summed E-state index contributed by atoms with van der Waals surface area (Å²) in [6, 6.07) is 0. The third-order valence-corrected chi connectivity index (χ3v) is 3.43. The maximum atomic E-state index is 4.11. The zero-order valence-electron chi connectivity index (χ0n) is 8.37. The average molecular weight is 174 g/mol. The van der Waals surface area contributed by atoms with Crippen LogP contribution in [0.25, 0.3) is 0 Å². The van der Waals surface area contributed by atoms with Crippen LogP contribution in [0.2, 0.25) is 0 Å². The topological polar surface area (TPSA) is 0 Å². The summed E-state index contributed by atoms with van der Waals surface area (Å²) in [6.07, 6.45) is 13.2. The highest BCUT2D eigenvalue weighted by molar-refractivity contribution is 5.16. The lowest BCUT2D eigenvalue weighted by molar-refractivity contribution is 0.274. The van der Waals surface area contributed by atoms with Gasteiger partial charge in [0.05, 0.1) is 0 Å². The van der Waals surface area contributed by atoms with Gasteiger partial charge in [0.15, 0.2) is 0 Å². The minimum absolute atomic E-state index is 0.736. The Morgan fingerprint density at radius 3 is 2.77 bits per heavy atom. The summed E-state index contributed by atoms with van der Waals surface area (Å²) in [7, 11) is 0. The Morgan fingerprint density at radius 1 is 1.23 bits per heavy atom. The Bertz CT molecular complexity index is 257. The van der Waals surface area contributed by atoms with Crippen LogP contribution in [0.1, 0.15) is 26.2 Å². The normalized spacial score (nSPS) is 42.1. The molecule has 1 fully saturated rings. The second kappa shape index (κ2) is 3.53. The maximum absolute atomic E-state index is 4.11. The van der Waals surface area contributed by atoms with E-state index >= 15 is 0 Å². The second-order valence-corrected chi connectivity index (χ2v) is 4.46. The van der Waals surface area contributed by atoms with Crippen molar-refractivity contribution in [1.29, 1.82) is 0 Å². The first-order chi connectivity index (χ1) is 6.27. The molecule has 0 radical (unpaired) electrons. The first-order valence-electron chi connectivity index (χ1n) is 5.28. The monoisotopic (exact) mass is 174 g/mol. The molecular weight excluding hydrogens is 156 g/mol. The van der Waals surface area contributed by atoms with Crippen LogP contribution >= 0.6 is 0 Å². The van der Waals surface area contributed by atoms with Crippen LogP contribution in [0, 0.1) is 17.8 Å². The Hall–Kier alpha value is -0.780. The Morgan fingerprint density at radius 2 is 2.00 bits per heavy atom. The van der Waals surface area contributed by atoms with Crippen LogP contribution in [0.3, 0.4) is 0 Å². The van der Waals surface area contributed by atoms with E-state index in [1.54, 1.807) is 0 Å². The lowest BCUT2D eigenvalue weighted by Gasteiger charge is -2.35. The van der Waals surface area contributed by atoms with Crippen molar-refractivity contribution < 1.29 is 0 Å². The van der Waals surface area contributed by atoms with Crippen LogP contribution < -0.4 is 0 Å². The van der Waals surface area contributed by atoms with Crippen molar-refractivity contribution in [3.8, 4) is 0 Å². The predicted octanol–water partition coefficient (Wildman–Crippen LogP) is 3.72. The number of rotatable bonds is 1. The molecule has 0 saturated heterocycles. The predicted molar refractivity (Wildman–Crippen MR) is 57.4 cm³/mol. The van der Waals surface area contributed by atoms with Gasteiger partial charge in [0.2, 0.25) is 0 Å². The summed E-state index contributed by atoms with van der Waals surface area (Å²) in [6.45, 7) is 6.29. The lowest BCUT2D eigenvalue weighted by atomic mass is 9.70. The molecule has 0 heteroatoms. The summed E-state index contributed by atoms with van der Waals surface area (Å²) in [4.78, 5) is 0. The van der Waals surface area contributed by atoms with Gasteiger partial charge in [-0.25, -0.2) is 0 Å². The average Bonchev–Trinajstić information content (AvgIpc) is 2.04. The van der Waals surface area contributed by atoms with Gasteiger partial charge in [0.1, 0.15) is 0 Å². The van der Waals surface area contributed by atoms with Crippen molar-refractivity contribution in [3.05, 3.63) is 36.5 Å². The van der Waals surface area contributed by atoms with E-state index < -0.39 is 0 Å². The molecule has 0 aliphatic heterocycles. The van der Waals surface area contributed by atoms with Gasteiger partial charge < -0.3 is 0 Å². The molecule has 0 amide bonds. The highest BCUT2D eigenvalue weighted by atomic mass is 14.3. The molecule has 3 atom stereocenters. The molecule has 0 aromatic heterocycles. The minimum atomic E-state index is 0.736. The van der Waals surface area contributed by atoms with Gasteiger partial charge in [0, 0.05) is 0 Å². The molecule has 0 unspecified atom stereocenters. The standard InChI is InChI=1S/C13H18/c1-10(2)13-9-11-5-3-4-6-12(13)8-7-11/h3-6,11-13H,1,7-9H2,2H3/b5-3-,6-4-/t11-,12+,13+/m0/s1.